The van der Waals surface area contributed by atoms with Crippen molar-refractivity contribution in [3.05, 3.63) is 0 Å². The molecule has 0 rings (SSSR count). The maximum absolute atomic E-state index is 12.0. The Morgan fingerprint density at radius 2 is 1.69 bits per heavy atom. The van der Waals surface area contributed by atoms with Gasteiger partial charge in [0.25, 0.3) is 0 Å². The number of hydrogen-bond donors (Lipinski definition) is 1. The third kappa shape index (κ3) is 9.33. The highest BCUT2D eigenvalue weighted by molar-refractivity contribution is 8.00. The summed E-state index contributed by atoms with van der Waals surface area (Å²) in [6.07, 6.45) is 0.613. The molecule has 1 nitrogen and oxygen atoms in total. The van der Waals surface area contributed by atoms with E-state index in [2.05, 4.69) is 19.2 Å². The molecule has 0 spiro atoms. The second-order valence-electron chi connectivity index (χ2n) is 4.65. The lowest BCUT2D eigenvalue weighted by Gasteiger charge is -2.22. The Morgan fingerprint density at radius 1 is 1.12 bits per heavy atom. The van der Waals surface area contributed by atoms with Crippen molar-refractivity contribution in [2.45, 2.75) is 45.7 Å². The van der Waals surface area contributed by atoms with Gasteiger partial charge in [-0.25, -0.2) is 0 Å². The summed E-state index contributed by atoms with van der Waals surface area (Å²) < 4.78 is 35.9. The Hall–Kier alpha value is 0.100. The van der Waals surface area contributed by atoms with Crippen molar-refractivity contribution < 1.29 is 13.2 Å². The van der Waals surface area contributed by atoms with Gasteiger partial charge in [0.05, 0.1) is 0 Å². The third-order valence-electron chi connectivity index (χ3n) is 2.49. The van der Waals surface area contributed by atoms with Crippen molar-refractivity contribution in [2.24, 2.45) is 11.8 Å². The quantitative estimate of drug-likeness (QED) is 0.742. The van der Waals surface area contributed by atoms with Gasteiger partial charge in [-0.15, -0.1) is 0 Å². The first-order valence-corrected chi connectivity index (χ1v) is 6.65. The Balaban J connectivity index is 3.86. The van der Waals surface area contributed by atoms with Crippen molar-refractivity contribution in [3.8, 4) is 0 Å². The first-order chi connectivity index (χ1) is 7.22. The molecular formula is C11H22F3NS. The van der Waals surface area contributed by atoms with Crippen LogP contribution in [0.1, 0.15) is 34.1 Å². The van der Waals surface area contributed by atoms with E-state index in [1.54, 1.807) is 0 Å². The lowest BCUT2D eigenvalue weighted by Crippen LogP contribution is -2.31. The second kappa shape index (κ2) is 7.43. The molecule has 1 atom stereocenters. The highest BCUT2D eigenvalue weighted by Gasteiger charge is 2.28. The van der Waals surface area contributed by atoms with E-state index in [1.165, 1.54) is 0 Å². The summed E-state index contributed by atoms with van der Waals surface area (Å²) in [5, 5.41) is 3.28. The maximum atomic E-state index is 12.0. The minimum absolute atomic E-state index is 0.0858. The van der Waals surface area contributed by atoms with Crippen LogP contribution in [0.3, 0.4) is 0 Å². The number of nitrogens with one attached hydrogen (secondary N) is 1. The predicted molar refractivity (Wildman–Crippen MR) is 64.6 cm³/mol. The lowest BCUT2D eigenvalue weighted by molar-refractivity contribution is -0.0328. The van der Waals surface area contributed by atoms with Crippen molar-refractivity contribution in [1.82, 2.24) is 5.32 Å². The van der Waals surface area contributed by atoms with Crippen LogP contribution in [0.5, 0.6) is 0 Å². The summed E-state index contributed by atoms with van der Waals surface area (Å²) in [7, 11) is 0. The van der Waals surface area contributed by atoms with E-state index < -0.39 is 5.51 Å². The number of hydrogen-bond acceptors (Lipinski definition) is 2. The predicted octanol–water partition coefficient (Wildman–Crippen LogP) is 3.90. The molecular weight excluding hydrogens is 235 g/mol. The van der Waals surface area contributed by atoms with Crippen molar-refractivity contribution in [3.63, 3.8) is 0 Å². The van der Waals surface area contributed by atoms with Crippen molar-refractivity contribution >= 4 is 11.8 Å². The second-order valence-corrected chi connectivity index (χ2v) is 5.81. The number of alkyl halides is 3. The largest absolute Gasteiger partial charge is 0.441 e. The van der Waals surface area contributed by atoms with Crippen LogP contribution >= 0.6 is 11.8 Å². The fraction of sp³-hybridized carbons (Fsp3) is 1.00. The molecule has 0 aromatic carbocycles. The Labute approximate surface area is 101 Å². The van der Waals surface area contributed by atoms with Crippen LogP contribution in [0.2, 0.25) is 0 Å². The smallest absolute Gasteiger partial charge is 0.314 e. The van der Waals surface area contributed by atoms with Gasteiger partial charge in [0.2, 0.25) is 0 Å². The standard InChI is InChI=1S/C11H22F3NS/c1-8(2)10(7-15-9(3)4)5-6-16-11(12,13)14/h8-10,15H,5-7H2,1-4H3. The molecule has 0 aliphatic carbocycles. The van der Waals surface area contributed by atoms with Crippen LogP contribution in [0.15, 0.2) is 0 Å². The molecule has 0 aromatic heterocycles. The van der Waals surface area contributed by atoms with E-state index in [-0.39, 0.29) is 17.5 Å². The Bertz CT molecular complexity index is 181. The molecule has 0 radical (unpaired) electrons. The van der Waals surface area contributed by atoms with Gasteiger partial charge in [-0.1, -0.05) is 39.5 Å². The summed E-state index contributed by atoms with van der Waals surface area (Å²) in [4.78, 5) is 0. The molecule has 0 saturated heterocycles. The summed E-state index contributed by atoms with van der Waals surface area (Å²) in [5.74, 6) is 0.892. The topological polar surface area (TPSA) is 12.0 Å². The normalized spacial score (nSPS) is 14.8. The lowest BCUT2D eigenvalue weighted by atomic mass is 9.93. The molecule has 0 amide bonds. The van der Waals surface area contributed by atoms with Crippen LogP contribution in [0.4, 0.5) is 13.2 Å². The Kier molecular flexibility index (Phi) is 7.48. The molecule has 0 bridgehead atoms. The summed E-state index contributed by atoms with van der Waals surface area (Å²) in [6, 6.07) is 0.386. The van der Waals surface area contributed by atoms with E-state index in [1.807, 2.05) is 13.8 Å². The van der Waals surface area contributed by atoms with Gasteiger partial charge in [-0.05, 0) is 24.8 Å². The van der Waals surface area contributed by atoms with Crippen LogP contribution in [0, 0.1) is 11.8 Å². The molecule has 0 aromatic rings. The summed E-state index contributed by atoms with van der Waals surface area (Å²) in [6.45, 7) is 9.01. The molecule has 5 heteroatoms. The third-order valence-corrected chi connectivity index (χ3v) is 3.25. The molecule has 0 aliphatic heterocycles. The monoisotopic (exact) mass is 257 g/mol. The minimum Gasteiger partial charge on any atom is -0.314 e. The summed E-state index contributed by atoms with van der Waals surface area (Å²) >= 11 is 0.0858. The zero-order valence-corrected chi connectivity index (χ0v) is 11.2. The number of rotatable bonds is 7. The number of halogens is 3. The SMILES string of the molecule is CC(C)NCC(CCSC(F)(F)F)C(C)C. The summed E-state index contributed by atoms with van der Waals surface area (Å²) in [5.41, 5.74) is -4.09. The average molecular weight is 257 g/mol. The van der Waals surface area contributed by atoms with Gasteiger partial charge in [-0.3, -0.25) is 0 Å². The van der Waals surface area contributed by atoms with E-state index >= 15 is 0 Å². The molecule has 0 saturated carbocycles. The van der Waals surface area contributed by atoms with Gasteiger partial charge < -0.3 is 5.32 Å². The van der Waals surface area contributed by atoms with E-state index in [0.717, 1.165) is 6.54 Å². The Morgan fingerprint density at radius 3 is 2.06 bits per heavy atom. The van der Waals surface area contributed by atoms with Crippen LogP contribution in [-0.4, -0.2) is 23.8 Å². The molecule has 0 aliphatic rings. The fourth-order valence-corrected chi connectivity index (χ4v) is 2.04. The van der Waals surface area contributed by atoms with E-state index in [0.29, 0.717) is 24.3 Å². The molecule has 0 heterocycles. The highest BCUT2D eigenvalue weighted by Crippen LogP contribution is 2.32. The minimum atomic E-state index is -4.09. The van der Waals surface area contributed by atoms with Crippen LogP contribution in [-0.2, 0) is 0 Å². The zero-order valence-electron chi connectivity index (χ0n) is 10.4. The van der Waals surface area contributed by atoms with Crippen LogP contribution < -0.4 is 5.32 Å². The molecule has 1 N–H and O–H groups in total. The van der Waals surface area contributed by atoms with Crippen molar-refractivity contribution in [1.29, 1.82) is 0 Å². The van der Waals surface area contributed by atoms with Gasteiger partial charge >= 0.3 is 5.51 Å². The first-order valence-electron chi connectivity index (χ1n) is 5.66. The highest BCUT2D eigenvalue weighted by atomic mass is 32.2. The average Bonchev–Trinajstić information content (AvgIpc) is 2.07. The van der Waals surface area contributed by atoms with E-state index in [4.69, 9.17) is 0 Å². The van der Waals surface area contributed by atoms with Gasteiger partial charge in [-0.2, -0.15) is 13.2 Å². The number of thioether (sulfide) groups is 1. The molecule has 0 fully saturated rings. The van der Waals surface area contributed by atoms with E-state index in [9.17, 15) is 13.2 Å². The zero-order chi connectivity index (χ0) is 12.8. The molecule has 98 valence electrons. The van der Waals surface area contributed by atoms with Gasteiger partial charge in [0.15, 0.2) is 0 Å². The van der Waals surface area contributed by atoms with Gasteiger partial charge in [0, 0.05) is 11.8 Å². The fourth-order valence-electron chi connectivity index (χ4n) is 1.38. The molecule has 1 unspecified atom stereocenters. The maximum Gasteiger partial charge on any atom is 0.441 e. The molecule has 16 heavy (non-hydrogen) atoms. The van der Waals surface area contributed by atoms with Crippen LogP contribution in [0.25, 0.3) is 0 Å². The van der Waals surface area contributed by atoms with Gasteiger partial charge in [0.1, 0.15) is 0 Å². The van der Waals surface area contributed by atoms with Crippen molar-refractivity contribution in [2.75, 3.05) is 12.3 Å². The first kappa shape index (κ1) is 16.1.